The Morgan fingerprint density at radius 2 is 2.03 bits per heavy atom. The summed E-state index contributed by atoms with van der Waals surface area (Å²) >= 11 is 0. The van der Waals surface area contributed by atoms with Crippen molar-refractivity contribution in [3.8, 4) is 11.3 Å². The van der Waals surface area contributed by atoms with Crippen LogP contribution in [0.1, 0.15) is 28.5 Å². The Kier molecular flexibility index (Phi) is 5.17. The van der Waals surface area contributed by atoms with Gasteiger partial charge in [-0.05, 0) is 37.6 Å². The normalized spacial score (nSPS) is 11.2. The molecule has 0 aliphatic heterocycles. The highest BCUT2D eigenvalue weighted by atomic mass is 19.1. The number of nitrogens with one attached hydrogen (secondary N) is 1. The molecule has 0 aliphatic rings. The lowest BCUT2D eigenvalue weighted by Crippen LogP contribution is -2.13. The van der Waals surface area contributed by atoms with Gasteiger partial charge in [-0.25, -0.2) is 13.9 Å². The molecule has 5 aromatic rings. The van der Waals surface area contributed by atoms with Gasteiger partial charge in [0.05, 0.1) is 24.1 Å². The number of aromatic nitrogens is 7. The minimum atomic E-state index is -0.369. The molecular formula is C23H21FN8O. The summed E-state index contributed by atoms with van der Waals surface area (Å²) in [5, 5.41) is 16.0. The van der Waals surface area contributed by atoms with Crippen LogP contribution in [-0.4, -0.2) is 40.1 Å². The van der Waals surface area contributed by atoms with E-state index in [1.54, 1.807) is 33.7 Å². The van der Waals surface area contributed by atoms with Crippen molar-refractivity contribution in [3.05, 3.63) is 83.8 Å². The fraction of sp³-hybridized carbons (Fsp3) is 0.174. The van der Waals surface area contributed by atoms with Gasteiger partial charge in [-0.2, -0.15) is 15.3 Å². The van der Waals surface area contributed by atoms with Crippen molar-refractivity contribution in [2.45, 2.75) is 26.9 Å². The van der Waals surface area contributed by atoms with Crippen molar-refractivity contribution in [3.63, 3.8) is 0 Å². The van der Waals surface area contributed by atoms with Gasteiger partial charge in [0.15, 0.2) is 11.5 Å². The van der Waals surface area contributed by atoms with E-state index < -0.39 is 0 Å². The van der Waals surface area contributed by atoms with Crippen LogP contribution < -0.4 is 5.32 Å². The van der Waals surface area contributed by atoms with Crippen LogP contribution in [0.3, 0.4) is 0 Å². The number of aryl methyl sites for hydroxylation is 2. The first-order chi connectivity index (χ1) is 16.0. The van der Waals surface area contributed by atoms with Gasteiger partial charge in [-0.1, -0.05) is 12.1 Å². The number of amides is 1. The zero-order chi connectivity index (χ0) is 22.9. The predicted octanol–water partition coefficient (Wildman–Crippen LogP) is 3.56. The largest absolute Gasteiger partial charge is 0.305 e. The number of nitrogens with zero attached hydrogens (tertiary/aromatic N) is 7. The highest BCUT2D eigenvalue weighted by molar-refractivity contribution is 6.07. The number of hydrogen-bond acceptors (Lipinski definition) is 5. The van der Waals surface area contributed by atoms with E-state index in [2.05, 4.69) is 25.6 Å². The number of fused-ring (bicyclic) bond motifs is 1. The lowest BCUT2D eigenvalue weighted by Gasteiger charge is -2.04. The highest BCUT2D eigenvalue weighted by Crippen LogP contribution is 2.24. The third-order valence-electron chi connectivity index (χ3n) is 5.31. The van der Waals surface area contributed by atoms with Gasteiger partial charge < -0.3 is 5.32 Å². The Balaban J connectivity index is 1.38. The van der Waals surface area contributed by atoms with Crippen molar-refractivity contribution in [1.82, 2.24) is 34.2 Å². The summed E-state index contributed by atoms with van der Waals surface area (Å²) in [5.74, 6) is -0.288. The summed E-state index contributed by atoms with van der Waals surface area (Å²) in [6.45, 7) is 5.10. The predicted molar refractivity (Wildman–Crippen MR) is 120 cm³/mol. The van der Waals surface area contributed by atoms with Crippen LogP contribution in [0.5, 0.6) is 0 Å². The smallest absolute Gasteiger partial charge is 0.262 e. The van der Waals surface area contributed by atoms with Gasteiger partial charge in [-0.15, -0.1) is 0 Å². The zero-order valence-electron chi connectivity index (χ0n) is 18.1. The molecular weight excluding hydrogens is 423 g/mol. The second-order valence-corrected chi connectivity index (χ2v) is 7.59. The summed E-state index contributed by atoms with van der Waals surface area (Å²) in [7, 11) is 0. The Morgan fingerprint density at radius 1 is 1.15 bits per heavy atom. The van der Waals surface area contributed by atoms with Crippen molar-refractivity contribution in [2.24, 2.45) is 0 Å². The van der Waals surface area contributed by atoms with Crippen molar-refractivity contribution >= 4 is 17.4 Å². The summed E-state index contributed by atoms with van der Waals surface area (Å²) in [6, 6.07) is 9.85. The molecule has 1 aromatic carbocycles. The second-order valence-electron chi connectivity index (χ2n) is 7.59. The van der Waals surface area contributed by atoms with Crippen molar-refractivity contribution in [2.75, 3.05) is 5.32 Å². The molecule has 0 saturated heterocycles. The van der Waals surface area contributed by atoms with Crippen LogP contribution in [-0.2, 0) is 13.1 Å². The molecule has 5 rings (SSSR count). The highest BCUT2D eigenvalue weighted by Gasteiger charge is 2.19. The number of hydrogen-bond donors (Lipinski definition) is 1. The summed E-state index contributed by atoms with van der Waals surface area (Å²) < 4.78 is 18.5. The number of benzene rings is 1. The third-order valence-corrected chi connectivity index (χ3v) is 5.31. The SMILES string of the molecule is CCn1cc(-c2ccnc3c(C(=O)Nc4ccn(Cc5cccc(F)c5)n4)cnn23)c(C)n1. The monoisotopic (exact) mass is 444 g/mol. The first-order valence-corrected chi connectivity index (χ1v) is 10.5. The lowest BCUT2D eigenvalue weighted by molar-refractivity contribution is 0.102. The molecule has 10 heteroatoms. The number of anilines is 1. The lowest BCUT2D eigenvalue weighted by atomic mass is 10.2. The van der Waals surface area contributed by atoms with Gasteiger partial charge in [-0.3, -0.25) is 14.2 Å². The number of halogens is 1. The molecule has 0 bridgehead atoms. The summed E-state index contributed by atoms with van der Waals surface area (Å²) in [5.41, 5.74) is 4.14. The Labute approximate surface area is 188 Å². The molecule has 166 valence electrons. The minimum absolute atomic E-state index is 0.301. The molecule has 4 heterocycles. The fourth-order valence-electron chi connectivity index (χ4n) is 3.71. The van der Waals surface area contributed by atoms with Gasteiger partial charge >= 0.3 is 0 Å². The maximum atomic E-state index is 13.4. The van der Waals surface area contributed by atoms with E-state index in [9.17, 15) is 9.18 Å². The van der Waals surface area contributed by atoms with Gasteiger partial charge in [0.1, 0.15) is 11.4 Å². The second kappa shape index (κ2) is 8.30. The van der Waals surface area contributed by atoms with Gasteiger partial charge in [0, 0.05) is 36.8 Å². The maximum absolute atomic E-state index is 13.4. The quantitative estimate of drug-likeness (QED) is 0.432. The van der Waals surface area contributed by atoms with E-state index in [1.165, 1.54) is 18.3 Å². The maximum Gasteiger partial charge on any atom is 0.262 e. The first kappa shape index (κ1) is 20.6. The fourth-order valence-corrected chi connectivity index (χ4v) is 3.71. The standard InChI is InChI=1S/C23H21FN8O/c1-3-30-14-19(15(2)28-30)20-7-9-25-22-18(12-26-32(20)22)23(33)27-21-8-10-31(29-21)13-16-5-4-6-17(24)11-16/h4-12,14H,3,13H2,1-2H3,(H,27,29,33). The van der Waals surface area contributed by atoms with E-state index in [1.807, 2.05) is 36.9 Å². The summed E-state index contributed by atoms with van der Waals surface area (Å²) in [4.78, 5) is 17.3. The zero-order valence-corrected chi connectivity index (χ0v) is 18.1. The van der Waals surface area contributed by atoms with Crippen molar-refractivity contribution in [1.29, 1.82) is 0 Å². The molecule has 9 nitrogen and oxygen atoms in total. The molecule has 33 heavy (non-hydrogen) atoms. The van der Waals surface area contributed by atoms with Crippen LogP contribution in [0.25, 0.3) is 16.9 Å². The molecule has 1 N–H and O–H groups in total. The Hall–Kier alpha value is -4.34. The van der Waals surface area contributed by atoms with E-state index in [0.29, 0.717) is 23.6 Å². The molecule has 4 aromatic heterocycles. The van der Waals surface area contributed by atoms with Crippen LogP contribution >= 0.6 is 0 Å². The Morgan fingerprint density at radius 3 is 2.82 bits per heavy atom. The molecule has 0 aliphatic carbocycles. The molecule has 0 atom stereocenters. The average molecular weight is 444 g/mol. The minimum Gasteiger partial charge on any atom is -0.305 e. The van der Waals surface area contributed by atoms with Crippen LogP contribution in [0.2, 0.25) is 0 Å². The van der Waals surface area contributed by atoms with Crippen LogP contribution in [0, 0.1) is 12.7 Å². The molecule has 0 radical (unpaired) electrons. The van der Waals surface area contributed by atoms with Crippen molar-refractivity contribution < 1.29 is 9.18 Å². The molecule has 1 amide bonds. The average Bonchev–Trinajstić information content (AvgIpc) is 3.52. The molecule has 0 fully saturated rings. The van der Waals surface area contributed by atoms with E-state index in [0.717, 1.165) is 29.1 Å². The first-order valence-electron chi connectivity index (χ1n) is 10.5. The Bertz CT molecular complexity index is 1460. The number of carbonyl (C=O) groups excluding carboxylic acids is 1. The topological polar surface area (TPSA) is 94.9 Å². The molecule has 0 spiro atoms. The van der Waals surface area contributed by atoms with Gasteiger partial charge in [0.25, 0.3) is 5.91 Å². The number of rotatable bonds is 6. The van der Waals surface area contributed by atoms with E-state index in [-0.39, 0.29) is 11.7 Å². The number of carbonyl (C=O) groups is 1. The van der Waals surface area contributed by atoms with Gasteiger partial charge in [0.2, 0.25) is 0 Å². The van der Waals surface area contributed by atoms with E-state index >= 15 is 0 Å². The third kappa shape index (κ3) is 3.98. The van der Waals surface area contributed by atoms with Crippen LogP contribution in [0.15, 0.2) is 61.2 Å². The summed E-state index contributed by atoms with van der Waals surface area (Å²) in [6.07, 6.45) is 6.82. The van der Waals surface area contributed by atoms with E-state index in [4.69, 9.17) is 0 Å². The molecule has 0 saturated carbocycles. The van der Waals surface area contributed by atoms with Crippen LogP contribution in [0.4, 0.5) is 10.2 Å². The molecule has 0 unspecified atom stereocenters.